The normalized spacial score (nSPS) is 11.9. The summed E-state index contributed by atoms with van der Waals surface area (Å²) in [5, 5.41) is 8.53. The lowest BCUT2D eigenvalue weighted by molar-refractivity contribution is 1.02. The fourth-order valence-corrected chi connectivity index (χ4v) is 8.23. The Hall–Kier alpha value is -5.84. The third-order valence-electron chi connectivity index (χ3n) is 9.20. The molecule has 0 saturated carbocycles. The lowest BCUT2D eigenvalue weighted by Gasteiger charge is -2.10. The first-order valence-corrected chi connectivity index (χ1v) is 16.3. The van der Waals surface area contributed by atoms with Gasteiger partial charge in [-0.1, -0.05) is 127 Å². The molecule has 0 aliphatic rings. The van der Waals surface area contributed by atoms with E-state index in [0.717, 1.165) is 37.9 Å². The number of hydrogen-bond donors (Lipinski definition) is 0. The molecule has 0 saturated heterocycles. The molecule has 7 aromatic carbocycles. The average molecular weight is 604 g/mol. The van der Waals surface area contributed by atoms with Crippen molar-refractivity contribution in [1.29, 1.82) is 0 Å². The van der Waals surface area contributed by atoms with Gasteiger partial charge >= 0.3 is 0 Å². The molecule has 0 spiro atoms. The van der Waals surface area contributed by atoms with Crippen molar-refractivity contribution < 1.29 is 0 Å². The van der Waals surface area contributed by atoms with E-state index in [2.05, 4.69) is 156 Å². The van der Waals surface area contributed by atoms with E-state index in [1.54, 1.807) is 11.3 Å². The minimum absolute atomic E-state index is 0.682. The van der Waals surface area contributed by atoms with E-state index in [1.165, 1.54) is 48.1 Å². The maximum atomic E-state index is 5.45. The lowest BCUT2D eigenvalue weighted by Crippen LogP contribution is -2.02. The number of hydrogen-bond acceptors (Lipinski definition) is 3. The van der Waals surface area contributed by atoms with Crippen LogP contribution in [-0.4, -0.2) is 14.5 Å². The lowest BCUT2D eigenvalue weighted by atomic mass is 10.00. The topological polar surface area (TPSA) is 30.7 Å². The first-order chi connectivity index (χ1) is 22.8. The summed E-state index contributed by atoms with van der Waals surface area (Å²) in [4.78, 5) is 10.9. The summed E-state index contributed by atoms with van der Waals surface area (Å²) in [6, 6.07) is 54.1. The van der Waals surface area contributed by atoms with Crippen LogP contribution in [0.2, 0.25) is 0 Å². The van der Waals surface area contributed by atoms with Gasteiger partial charge in [0.1, 0.15) is 0 Å². The first-order valence-electron chi connectivity index (χ1n) is 15.5. The van der Waals surface area contributed by atoms with Crippen LogP contribution in [0.3, 0.4) is 0 Å². The van der Waals surface area contributed by atoms with Crippen LogP contribution in [0.5, 0.6) is 0 Å². The number of aromatic nitrogens is 3. The predicted molar refractivity (Wildman–Crippen MR) is 195 cm³/mol. The summed E-state index contributed by atoms with van der Waals surface area (Å²) < 4.78 is 4.59. The Bertz CT molecular complexity index is 2700. The van der Waals surface area contributed by atoms with Gasteiger partial charge < -0.3 is 0 Å². The fourth-order valence-electron chi connectivity index (χ4n) is 7.10. The largest absolute Gasteiger partial charge is 0.278 e. The predicted octanol–water partition coefficient (Wildman–Crippen LogP) is 11.6. The Morgan fingerprint density at radius 2 is 1.04 bits per heavy atom. The smallest absolute Gasteiger partial charge is 0.235 e. The van der Waals surface area contributed by atoms with E-state index >= 15 is 0 Å². The second-order valence-electron chi connectivity index (χ2n) is 11.8. The molecule has 0 unspecified atom stereocenters. The van der Waals surface area contributed by atoms with Gasteiger partial charge in [0.05, 0.1) is 26.9 Å². The summed E-state index contributed by atoms with van der Waals surface area (Å²) in [7, 11) is 0. The van der Waals surface area contributed by atoms with Crippen molar-refractivity contribution in [3.05, 3.63) is 152 Å². The molecule has 0 fully saturated rings. The summed E-state index contributed by atoms with van der Waals surface area (Å²) in [6.07, 6.45) is 0. The molecule has 0 atom stereocenters. The molecule has 0 amide bonds. The third-order valence-corrected chi connectivity index (χ3v) is 10.4. The van der Waals surface area contributed by atoms with Gasteiger partial charge in [0, 0.05) is 26.4 Å². The number of thiophene rings is 1. The van der Waals surface area contributed by atoms with Gasteiger partial charge in [-0.05, 0) is 56.9 Å². The Balaban J connectivity index is 1.36. The van der Waals surface area contributed by atoms with Gasteiger partial charge in [-0.25, -0.2) is 9.97 Å². The van der Waals surface area contributed by atoms with Crippen molar-refractivity contribution in [3.8, 4) is 28.3 Å². The van der Waals surface area contributed by atoms with Crippen molar-refractivity contribution in [2.45, 2.75) is 0 Å². The first kappa shape index (κ1) is 25.5. The minimum Gasteiger partial charge on any atom is -0.278 e. The quantitative estimate of drug-likeness (QED) is 0.201. The maximum Gasteiger partial charge on any atom is 0.235 e. The highest BCUT2D eigenvalue weighted by molar-refractivity contribution is 7.26. The molecular weight excluding hydrogens is 579 g/mol. The van der Waals surface area contributed by atoms with Gasteiger partial charge in [0.15, 0.2) is 0 Å². The molecular formula is C42H25N3S. The molecule has 0 bridgehead atoms. The zero-order valence-electron chi connectivity index (χ0n) is 24.7. The molecule has 0 aliphatic carbocycles. The van der Waals surface area contributed by atoms with Crippen LogP contribution < -0.4 is 0 Å². The molecule has 10 aromatic rings. The van der Waals surface area contributed by atoms with Gasteiger partial charge in [-0.3, -0.25) is 4.57 Å². The molecule has 0 N–H and O–H groups in total. The Morgan fingerprint density at radius 1 is 0.457 bits per heavy atom. The Morgan fingerprint density at radius 3 is 1.70 bits per heavy atom. The Labute approximate surface area is 268 Å². The van der Waals surface area contributed by atoms with Crippen molar-refractivity contribution in [3.63, 3.8) is 0 Å². The second-order valence-corrected chi connectivity index (χ2v) is 12.8. The standard InChI is InChI=1S/C42H25N3S/c1-3-11-26(12-4-1)30-21-24-36-33(25-30)40-41(46-36)39(29-15-5-2-6-16-29)43-42(44-40)45-34-22-19-27-13-7-9-17-31(27)37(34)38-32-18-10-8-14-28(32)20-23-35(38)45/h1-25H. The van der Waals surface area contributed by atoms with Gasteiger partial charge in [0.2, 0.25) is 5.95 Å². The molecule has 3 nitrogen and oxygen atoms in total. The highest BCUT2D eigenvalue weighted by Crippen LogP contribution is 2.43. The highest BCUT2D eigenvalue weighted by Gasteiger charge is 2.22. The SMILES string of the molecule is c1ccc(-c2ccc3sc4c(-c5ccccc5)nc(-n5c6ccc7ccccc7c6c6c7ccccc7ccc65)nc4c3c2)cc1. The summed E-state index contributed by atoms with van der Waals surface area (Å²) in [5.74, 6) is 0.682. The van der Waals surface area contributed by atoms with Crippen LogP contribution in [0.15, 0.2) is 152 Å². The number of benzene rings is 7. The van der Waals surface area contributed by atoms with E-state index in [-0.39, 0.29) is 0 Å². The molecule has 4 heteroatoms. The van der Waals surface area contributed by atoms with E-state index in [1.807, 2.05) is 0 Å². The van der Waals surface area contributed by atoms with Gasteiger partial charge in [0.25, 0.3) is 0 Å². The zero-order chi connectivity index (χ0) is 30.2. The van der Waals surface area contributed by atoms with Crippen LogP contribution in [0.25, 0.3) is 92.0 Å². The molecule has 3 heterocycles. The van der Waals surface area contributed by atoms with Crippen molar-refractivity contribution in [1.82, 2.24) is 14.5 Å². The highest BCUT2D eigenvalue weighted by atomic mass is 32.1. The molecule has 10 rings (SSSR count). The molecule has 0 radical (unpaired) electrons. The van der Waals surface area contributed by atoms with Crippen molar-refractivity contribution in [2.24, 2.45) is 0 Å². The third kappa shape index (κ3) is 3.71. The van der Waals surface area contributed by atoms with E-state index in [4.69, 9.17) is 9.97 Å². The Kier molecular flexibility index (Phi) is 5.45. The van der Waals surface area contributed by atoms with Gasteiger partial charge in [-0.15, -0.1) is 11.3 Å². The summed E-state index contributed by atoms with van der Waals surface area (Å²) >= 11 is 1.77. The maximum absolute atomic E-state index is 5.45. The van der Waals surface area contributed by atoms with Crippen LogP contribution in [0.1, 0.15) is 0 Å². The zero-order valence-corrected chi connectivity index (χ0v) is 25.5. The van der Waals surface area contributed by atoms with Gasteiger partial charge in [-0.2, -0.15) is 0 Å². The van der Waals surface area contributed by atoms with E-state index in [9.17, 15) is 0 Å². The summed E-state index contributed by atoms with van der Waals surface area (Å²) in [6.45, 7) is 0. The summed E-state index contributed by atoms with van der Waals surface area (Å²) in [5.41, 5.74) is 7.62. The van der Waals surface area contributed by atoms with Crippen LogP contribution >= 0.6 is 11.3 Å². The van der Waals surface area contributed by atoms with Crippen LogP contribution in [0, 0.1) is 0 Å². The second kappa shape index (κ2) is 9.83. The number of fused-ring (bicyclic) bond motifs is 10. The average Bonchev–Trinajstić information content (AvgIpc) is 3.68. The van der Waals surface area contributed by atoms with Crippen molar-refractivity contribution >= 4 is 75.0 Å². The van der Waals surface area contributed by atoms with Crippen LogP contribution in [0.4, 0.5) is 0 Å². The molecule has 46 heavy (non-hydrogen) atoms. The molecule has 0 aliphatic heterocycles. The van der Waals surface area contributed by atoms with E-state index < -0.39 is 0 Å². The molecule has 214 valence electrons. The van der Waals surface area contributed by atoms with Crippen LogP contribution in [-0.2, 0) is 0 Å². The van der Waals surface area contributed by atoms with E-state index in [0.29, 0.717) is 5.95 Å². The molecule has 3 aromatic heterocycles. The number of rotatable bonds is 3. The number of nitrogens with zero attached hydrogens (tertiary/aromatic N) is 3. The minimum atomic E-state index is 0.682. The van der Waals surface area contributed by atoms with Crippen molar-refractivity contribution in [2.75, 3.05) is 0 Å². The monoisotopic (exact) mass is 603 g/mol. The fraction of sp³-hybridized carbons (Fsp3) is 0.